The highest BCUT2D eigenvalue weighted by atomic mass is 32.1. The maximum absolute atomic E-state index is 4.96. The molecule has 5 aromatic carbocycles. The highest BCUT2D eigenvalue weighted by molar-refractivity contribution is 7.26. The normalized spacial score (nSPS) is 11.6. The Labute approximate surface area is 260 Å². The molecule has 4 heterocycles. The Hall–Kier alpha value is -5.37. The number of thiophene rings is 2. The van der Waals surface area contributed by atoms with Crippen molar-refractivity contribution in [3.63, 3.8) is 0 Å². The van der Waals surface area contributed by atoms with Crippen LogP contribution in [0.2, 0.25) is 0 Å². The van der Waals surface area contributed by atoms with E-state index >= 15 is 0 Å². The first kappa shape index (κ1) is 25.2. The molecule has 0 fully saturated rings. The molecule has 0 bridgehead atoms. The highest BCUT2D eigenvalue weighted by Crippen LogP contribution is 2.41. The molecule has 0 saturated heterocycles. The summed E-state index contributed by atoms with van der Waals surface area (Å²) in [4.78, 5) is 24.2. The molecule has 0 saturated carbocycles. The predicted octanol–water partition coefficient (Wildman–Crippen LogP) is 10.1. The molecular weight excluding hydrogens is 579 g/mol. The zero-order chi connectivity index (χ0) is 29.0. The Balaban J connectivity index is 1.22. The third-order valence-electron chi connectivity index (χ3n) is 7.86. The average Bonchev–Trinajstić information content (AvgIpc) is 3.66. The van der Waals surface area contributed by atoms with Gasteiger partial charge in [0.25, 0.3) is 0 Å². The fraction of sp³-hybridized carbons (Fsp3) is 0. The Morgan fingerprint density at radius 1 is 0.409 bits per heavy atom. The molecule has 4 aromatic heterocycles. The lowest BCUT2D eigenvalue weighted by Crippen LogP contribution is -2.00. The monoisotopic (exact) mass is 599 g/mol. The number of fused-ring (bicyclic) bond motifs is 6. The Morgan fingerprint density at radius 2 is 0.955 bits per heavy atom. The summed E-state index contributed by atoms with van der Waals surface area (Å²) in [5, 5.41) is 3.54. The van der Waals surface area contributed by atoms with Crippen molar-refractivity contribution in [2.24, 2.45) is 0 Å². The molecule has 206 valence electrons. The van der Waals surface area contributed by atoms with Crippen molar-refractivity contribution < 1.29 is 0 Å². The van der Waals surface area contributed by atoms with Gasteiger partial charge in [-0.25, -0.2) is 24.9 Å². The number of nitrogens with zero attached hydrogens (tertiary/aromatic N) is 5. The van der Waals surface area contributed by atoms with Gasteiger partial charge in [-0.05, 0) is 36.4 Å². The van der Waals surface area contributed by atoms with Crippen molar-refractivity contribution in [2.45, 2.75) is 0 Å². The molecular formula is C37H21N5S2. The minimum Gasteiger partial charge on any atom is -0.235 e. The van der Waals surface area contributed by atoms with E-state index in [1.807, 2.05) is 60.7 Å². The second kappa shape index (κ2) is 10.1. The molecule has 0 aliphatic carbocycles. The molecule has 9 aromatic rings. The number of benzene rings is 5. The maximum atomic E-state index is 4.96. The molecule has 0 atom stereocenters. The van der Waals surface area contributed by atoms with Gasteiger partial charge >= 0.3 is 0 Å². The van der Waals surface area contributed by atoms with E-state index in [9.17, 15) is 0 Å². The SMILES string of the molecule is c1ccc(-c2nc(-c3ccccc3)nc(-c3ccc4sc5ccc(-c6ncnc7c6sc6ccccc67)cc5c4c3)n2)cc1. The van der Waals surface area contributed by atoms with Crippen LogP contribution in [0, 0.1) is 0 Å². The smallest absolute Gasteiger partial charge is 0.164 e. The lowest BCUT2D eigenvalue weighted by atomic mass is 10.0. The van der Waals surface area contributed by atoms with Gasteiger partial charge in [-0.15, -0.1) is 22.7 Å². The van der Waals surface area contributed by atoms with Crippen molar-refractivity contribution in [3.8, 4) is 45.4 Å². The van der Waals surface area contributed by atoms with E-state index in [4.69, 9.17) is 19.9 Å². The van der Waals surface area contributed by atoms with Gasteiger partial charge in [0.1, 0.15) is 6.33 Å². The average molecular weight is 600 g/mol. The van der Waals surface area contributed by atoms with Crippen LogP contribution in [0.4, 0.5) is 0 Å². The molecule has 44 heavy (non-hydrogen) atoms. The first-order chi connectivity index (χ1) is 21.8. The summed E-state index contributed by atoms with van der Waals surface area (Å²) in [6.45, 7) is 0. The van der Waals surface area contributed by atoms with E-state index < -0.39 is 0 Å². The van der Waals surface area contributed by atoms with Gasteiger partial charge in [0.15, 0.2) is 17.5 Å². The fourth-order valence-electron chi connectivity index (χ4n) is 5.73. The van der Waals surface area contributed by atoms with E-state index in [1.54, 1.807) is 29.0 Å². The fourth-order valence-corrected chi connectivity index (χ4v) is 7.97. The molecule has 0 aliphatic heterocycles. The first-order valence-electron chi connectivity index (χ1n) is 14.2. The van der Waals surface area contributed by atoms with E-state index in [2.05, 4.69) is 65.6 Å². The minimum atomic E-state index is 0.651. The van der Waals surface area contributed by atoms with Crippen molar-refractivity contribution >= 4 is 63.1 Å². The van der Waals surface area contributed by atoms with E-state index in [0.29, 0.717) is 17.5 Å². The molecule has 0 N–H and O–H groups in total. The molecule has 0 spiro atoms. The molecule has 0 aliphatic rings. The predicted molar refractivity (Wildman–Crippen MR) is 183 cm³/mol. The van der Waals surface area contributed by atoms with Crippen LogP contribution in [0.3, 0.4) is 0 Å². The van der Waals surface area contributed by atoms with Crippen LogP contribution >= 0.6 is 22.7 Å². The van der Waals surface area contributed by atoms with Gasteiger partial charge in [-0.3, -0.25) is 0 Å². The Bertz CT molecular complexity index is 2440. The quantitative estimate of drug-likeness (QED) is 0.201. The molecule has 5 nitrogen and oxygen atoms in total. The van der Waals surface area contributed by atoms with Crippen LogP contribution in [0.5, 0.6) is 0 Å². The number of hydrogen-bond donors (Lipinski definition) is 0. The van der Waals surface area contributed by atoms with Crippen LogP contribution < -0.4 is 0 Å². The Morgan fingerprint density at radius 3 is 1.64 bits per heavy atom. The topological polar surface area (TPSA) is 64.5 Å². The van der Waals surface area contributed by atoms with Gasteiger partial charge in [-0.2, -0.15) is 0 Å². The summed E-state index contributed by atoms with van der Waals surface area (Å²) in [5.74, 6) is 1.96. The van der Waals surface area contributed by atoms with Gasteiger partial charge in [0.2, 0.25) is 0 Å². The van der Waals surface area contributed by atoms with E-state index in [0.717, 1.165) is 38.2 Å². The van der Waals surface area contributed by atoms with Crippen LogP contribution in [0.25, 0.3) is 85.9 Å². The van der Waals surface area contributed by atoms with Gasteiger partial charge in [0, 0.05) is 52.5 Å². The zero-order valence-corrected chi connectivity index (χ0v) is 24.8. The van der Waals surface area contributed by atoms with E-state index in [1.165, 1.54) is 30.3 Å². The van der Waals surface area contributed by atoms with Crippen LogP contribution in [-0.4, -0.2) is 24.9 Å². The van der Waals surface area contributed by atoms with Crippen molar-refractivity contribution in [2.75, 3.05) is 0 Å². The molecule has 7 heteroatoms. The Kier molecular flexibility index (Phi) is 5.79. The molecule has 9 rings (SSSR count). The molecule has 0 radical (unpaired) electrons. The van der Waals surface area contributed by atoms with Gasteiger partial charge in [-0.1, -0.05) is 84.9 Å². The van der Waals surface area contributed by atoms with Gasteiger partial charge < -0.3 is 0 Å². The van der Waals surface area contributed by atoms with Crippen LogP contribution in [-0.2, 0) is 0 Å². The lowest BCUT2D eigenvalue weighted by Gasteiger charge is -2.08. The second-order valence-corrected chi connectivity index (χ2v) is 12.7. The third-order valence-corrected chi connectivity index (χ3v) is 10.2. The summed E-state index contributed by atoms with van der Waals surface area (Å²) in [7, 11) is 0. The molecule has 0 unspecified atom stereocenters. The largest absolute Gasteiger partial charge is 0.235 e. The zero-order valence-electron chi connectivity index (χ0n) is 23.2. The maximum Gasteiger partial charge on any atom is 0.164 e. The van der Waals surface area contributed by atoms with Crippen molar-refractivity contribution in [1.29, 1.82) is 0 Å². The lowest BCUT2D eigenvalue weighted by molar-refractivity contribution is 1.07. The van der Waals surface area contributed by atoms with Gasteiger partial charge in [0.05, 0.1) is 15.9 Å². The first-order valence-corrected chi connectivity index (χ1v) is 15.9. The minimum absolute atomic E-state index is 0.651. The summed E-state index contributed by atoms with van der Waals surface area (Å²) >= 11 is 3.54. The standard InChI is InChI=1S/C37H21N5S2/c1-3-9-22(10-4-1)35-40-36(23-11-5-2-6-12-23)42-37(41-35)25-16-18-31-28(20-25)27-19-24(15-17-30(27)43-31)32-34-33(39-21-38-32)26-13-7-8-14-29(26)44-34/h1-21H. The van der Waals surface area contributed by atoms with Crippen LogP contribution in [0.15, 0.2) is 128 Å². The van der Waals surface area contributed by atoms with Crippen LogP contribution in [0.1, 0.15) is 0 Å². The summed E-state index contributed by atoms with van der Waals surface area (Å²) in [6.07, 6.45) is 1.68. The number of aromatic nitrogens is 5. The third kappa shape index (κ3) is 4.17. The second-order valence-electron chi connectivity index (χ2n) is 10.6. The summed E-state index contributed by atoms with van der Waals surface area (Å²) < 4.78 is 4.78. The van der Waals surface area contributed by atoms with Crippen molar-refractivity contribution in [1.82, 2.24) is 24.9 Å². The van der Waals surface area contributed by atoms with Crippen molar-refractivity contribution in [3.05, 3.63) is 128 Å². The summed E-state index contributed by atoms with van der Waals surface area (Å²) in [6, 6.07) is 41.7. The highest BCUT2D eigenvalue weighted by Gasteiger charge is 2.16. The number of rotatable bonds is 4. The van der Waals surface area contributed by atoms with E-state index in [-0.39, 0.29) is 0 Å². The summed E-state index contributed by atoms with van der Waals surface area (Å²) in [5.41, 5.74) is 5.92. The number of hydrogen-bond acceptors (Lipinski definition) is 7. The molecule has 0 amide bonds.